The zero-order chi connectivity index (χ0) is 16.4. The molecule has 23 heavy (non-hydrogen) atoms. The van der Waals surface area contributed by atoms with Crippen LogP contribution in [0, 0.1) is 19.8 Å². The summed E-state index contributed by atoms with van der Waals surface area (Å²) in [6.45, 7) is 7.05. The van der Waals surface area contributed by atoms with Crippen LogP contribution in [0.3, 0.4) is 0 Å². The van der Waals surface area contributed by atoms with Gasteiger partial charge in [0.05, 0.1) is 6.42 Å². The van der Waals surface area contributed by atoms with Crippen LogP contribution in [0.15, 0.2) is 18.2 Å². The molecule has 1 heterocycles. The van der Waals surface area contributed by atoms with E-state index in [4.69, 9.17) is 0 Å². The number of hydrogen-bond donors (Lipinski definition) is 0. The minimum absolute atomic E-state index is 0.178. The minimum Gasteiger partial charge on any atom is -0.341 e. The summed E-state index contributed by atoms with van der Waals surface area (Å²) in [7, 11) is 0. The van der Waals surface area contributed by atoms with E-state index in [0.717, 1.165) is 37.9 Å². The summed E-state index contributed by atoms with van der Waals surface area (Å²) >= 11 is 0. The number of hydrogen-bond acceptors (Lipinski definition) is 2. The van der Waals surface area contributed by atoms with Crippen LogP contribution in [0.2, 0.25) is 0 Å². The van der Waals surface area contributed by atoms with Gasteiger partial charge in [-0.25, -0.2) is 0 Å². The predicted molar refractivity (Wildman–Crippen MR) is 90.1 cm³/mol. The van der Waals surface area contributed by atoms with E-state index in [-0.39, 0.29) is 11.8 Å². The highest BCUT2D eigenvalue weighted by Gasteiger charge is 2.34. The predicted octanol–water partition coefficient (Wildman–Crippen LogP) is 2.32. The summed E-state index contributed by atoms with van der Waals surface area (Å²) in [5, 5.41) is 0. The number of nitrogens with zero attached hydrogens (tertiary/aromatic N) is 2. The summed E-state index contributed by atoms with van der Waals surface area (Å²) in [4.78, 5) is 28.7. The number of carbonyl (C=O) groups excluding carboxylic acids is 2. The van der Waals surface area contributed by atoms with Crippen molar-refractivity contribution < 1.29 is 9.59 Å². The summed E-state index contributed by atoms with van der Waals surface area (Å²) in [5.41, 5.74) is 3.51. The molecule has 1 saturated carbocycles. The van der Waals surface area contributed by atoms with Gasteiger partial charge in [-0.05, 0) is 44.2 Å². The van der Waals surface area contributed by atoms with Gasteiger partial charge < -0.3 is 9.80 Å². The molecule has 0 spiro atoms. The van der Waals surface area contributed by atoms with E-state index < -0.39 is 0 Å². The van der Waals surface area contributed by atoms with Crippen molar-refractivity contribution in [1.82, 2.24) is 9.80 Å². The van der Waals surface area contributed by atoms with E-state index in [2.05, 4.69) is 32.0 Å². The third kappa shape index (κ3) is 3.92. The molecule has 0 atom stereocenters. The van der Waals surface area contributed by atoms with Gasteiger partial charge in [0.2, 0.25) is 11.8 Å². The lowest BCUT2D eigenvalue weighted by Crippen LogP contribution is -2.38. The molecule has 1 aromatic rings. The van der Waals surface area contributed by atoms with Gasteiger partial charge in [-0.15, -0.1) is 0 Å². The van der Waals surface area contributed by atoms with Crippen LogP contribution in [-0.2, 0) is 16.0 Å². The second-order valence-corrected chi connectivity index (χ2v) is 6.94. The maximum atomic E-state index is 12.6. The van der Waals surface area contributed by atoms with Crippen molar-refractivity contribution in [2.24, 2.45) is 5.92 Å². The Bertz CT molecular complexity index is 607. The van der Waals surface area contributed by atoms with E-state index in [1.807, 2.05) is 9.80 Å². The van der Waals surface area contributed by atoms with Crippen LogP contribution in [0.5, 0.6) is 0 Å². The van der Waals surface area contributed by atoms with Gasteiger partial charge in [0, 0.05) is 32.1 Å². The number of rotatable bonds is 3. The molecule has 1 aromatic carbocycles. The van der Waals surface area contributed by atoms with Crippen molar-refractivity contribution in [3.05, 3.63) is 34.9 Å². The number of aryl methyl sites for hydroxylation is 2. The zero-order valence-corrected chi connectivity index (χ0v) is 14.2. The Labute approximate surface area is 138 Å². The van der Waals surface area contributed by atoms with Crippen molar-refractivity contribution in [3.8, 4) is 0 Å². The Balaban J connectivity index is 1.58. The average Bonchev–Trinajstić information content (AvgIpc) is 3.35. The van der Waals surface area contributed by atoms with E-state index in [9.17, 15) is 9.59 Å². The smallest absolute Gasteiger partial charge is 0.227 e. The maximum absolute atomic E-state index is 12.6. The third-order valence-electron chi connectivity index (χ3n) is 4.93. The average molecular weight is 314 g/mol. The molecule has 2 amide bonds. The van der Waals surface area contributed by atoms with Crippen molar-refractivity contribution in [2.45, 2.75) is 39.5 Å². The normalized spacial score (nSPS) is 18.7. The molecule has 2 fully saturated rings. The first kappa shape index (κ1) is 16.0. The van der Waals surface area contributed by atoms with Crippen LogP contribution in [0.1, 0.15) is 36.0 Å². The van der Waals surface area contributed by atoms with Crippen molar-refractivity contribution in [2.75, 3.05) is 26.2 Å². The van der Waals surface area contributed by atoms with Crippen LogP contribution in [-0.4, -0.2) is 47.8 Å². The van der Waals surface area contributed by atoms with E-state index >= 15 is 0 Å². The quantitative estimate of drug-likeness (QED) is 0.859. The molecule has 3 rings (SSSR count). The lowest BCUT2D eigenvalue weighted by Gasteiger charge is -2.22. The lowest BCUT2D eigenvalue weighted by atomic mass is 10.0. The molecule has 1 aliphatic carbocycles. The van der Waals surface area contributed by atoms with Crippen LogP contribution in [0.4, 0.5) is 0 Å². The van der Waals surface area contributed by atoms with Gasteiger partial charge in [0.25, 0.3) is 0 Å². The topological polar surface area (TPSA) is 40.6 Å². The summed E-state index contributed by atoms with van der Waals surface area (Å²) in [6.07, 6.45) is 3.44. The second kappa shape index (κ2) is 6.73. The number of amides is 2. The Morgan fingerprint density at radius 2 is 1.74 bits per heavy atom. The van der Waals surface area contributed by atoms with Gasteiger partial charge in [0.1, 0.15) is 0 Å². The summed E-state index contributed by atoms with van der Waals surface area (Å²) in [5.74, 6) is 0.749. The van der Waals surface area contributed by atoms with Crippen molar-refractivity contribution in [3.63, 3.8) is 0 Å². The standard InChI is InChI=1S/C19H26N2O2/c1-14-4-5-17(15(2)12-14)13-18(22)20-8-3-9-21(11-10-20)19(23)16-6-7-16/h4-5,12,16H,3,6-11,13H2,1-2H3. The first-order valence-corrected chi connectivity index (χ1v) is 8.67. The number of benzene rings is 1. The molecular formula is C19H26N2O2. The molecule has 1 aliphatic heterocycles. The Morgan fingerprint density at radius 3 is 2.43 bits per heavy atom. The Kier molecular flexibility index (Phi) is 4.69. The molecule has 2 aliphatic rings. The molecule has 4 nitrogen and oxygen atoms in total. The fourth-order valence-corrected chi connectivity index (χ4v) is 3.29. The van der Waals surface area contributed by atoms with Crippen LogP contribution >= 0.6 is 0 Å². The van der Waals surface area contributed by atoms with Crippen molar-refractivity contribution >= 4 is 11.8 Å². The van der Waals surface area contributed by atoms with Gasteiger partial charge >= 0.3 is 0 Å². The molecule has 0 bridgehead atoms. The fraction of sp³-hybridized carbons (Fsp3) is 0.579. The van der Waals surface area contributed by atoms with Gasteiger partial charge in [-0.2, -0.15) is 0 Å². The highest BCUT2D eigenvalue weighted by atomic mass is 16.2. The summed E-state index contributed by atoms with van der Waals surface area (Å²) < 4.78 is 0. The second-order valence-electron chi connectivity index (χ2n) is 6.94. The van der Waals surface area contributed by atoms with Crippen LogP contribution < -0.4 is 0 Å². The first-order chi connectivity index (χ1) is 11.0. The molecule has 4 heteroatoms. The van der Waals surface area contributed by atoms with E-state index in [1.165, 1.54) is 11.1 Å². The van der Waals surface area contributed by atoms with Gasteiger partial charge in [-0.3, -0.25) is 9.59 Å². The van der Waals surface area contributed by atoms with Gasteiger partial charge in [0.15, 0.2) is 0 Å². The Hall–Kier alpha value is -1.84. The first-order valence-electron chi connectivity index (χ1n) is 8.67. The molecule has 0 aromatic heterocycles. The largest absolute Gasteiger partial charge is 0.341 e. The third-order valence-corrected chi connectivity index (χ3v) is 4.93. The van der Waals surface area contributed by atoms with Crippen molar-refractivity contribution in [1.29, 1.82) is 0 Å². The highest BCUT2D eigenvalue weighted by Crippen LogP contribution is 2.31. The lowest BCUT2D eigenvalue weighted by molar-refractivity contribution is -0.134. The highest BCUT2D eigenvalue weighted by molar-refractivity contribution is 5.82. The summed E-state index contributed by atoms with van der Waals surface area (Å²) in [6, 6.07) is 6.25. The fourth-order valence-electron chi connectivity index (χ4n) is 3.29. The SMILES string of the molecule is Cc1ccc(CC(=O)N2CCCN(C(=O)C3CC3)CC2)c(C)c1. The molecular weight excluding hydrogens is 288 g/mol. The molecule has 1 saturated heterocycles. The van der Waals surface area contributed by atoms with Gasteiger partial charge in [-0.1, -0.05) is 23.8 Å². The zero-order valence-electron chi connectivity index (χ0n) is 14.2. The molecule has 0 unspecified atom stereocenters. The van der Waals surface area contributed by atoms with E-state index in [0.29, 0.717) is 25.4 Å². The van der Waals surface area contributed by atoms with Crippen LogP contribution in [0.25, 0.3) is 0 Å². The maximum Gasteiger partial charge on any atom is 0.227 e. The minimum atomic E-state index is 0.178. The molecule has 0 radical (unpaired) electrons. The Morgan fingerprint density at radius 1 is 1.04 bits per heavy atom. The molecule has 124 valence electrons. The van der Waals surface area contributed by atoms with E-state index in [1.54, 1.807) is 0 Å². The number of carbonyl (C=O) groups is 2. The molecule has 0 N–H and O–H groups in total. The monoisotopic (exact) mass is 314 g/mol.